The molecule has 3 N–H and O–H groups in total. The van der Waals surface area contributed by atoms with Crippen molar-refractivity contribution in [1.82, 2.24) is 0 Å². The number of carboxylic acids is 3. The molecule has 0 unspecified atom stereocenters. The summed E-state index contributed by atoms with van der Waals surface area (Å²) < 4.78 is 0. The number of rotatable bonds is 3. The van der Waals surface area contributed by atoms with Gasteiger partial charge in [-0.1, -0.05) is 6.92 Å². The molecule has 6 heteroatoms. The minimum atomic E-state index is -1.06. The van der Waals surface area contributed by atoms with Crippen LogP contribution >= 0.6 is 0 Å². The summed E-state index contributed by atoms with van der Waals surface area (Å²) in [4.78, 5) is 30.0. The van der Waals surface area contributed by atoms with Gasteiger partial charge in [0, 0.05) is 6.42 Å². The summed E-state index contributed by atoms with van der Waals surface area (Å²) in [7, 11) is 0. The van der Waals surface area contributed by atoms with Gasteiger partial charge in [0.05, 0.1) is 11.1 Å². The van der Waals surface area contributed by atoms with Crippen LogP contribution in [0.3, 0.4) is 0 Å². The van der Waals surface area contributed by atoms with Crippen LogP contribution in [0, 0.1) is 0 Å². The van der Waals surface area contributed by atoms with E-state index in [1.165, 1.54) is 24.3 Å². The van der Waals surface area contributed by atoms with Crippen molar-refractivity contribution in [2.45, 2.75) is 13.3 Å². The van der Waals surface area contributed by atoms with E-state index < -0.39 is 17.9 Å². The third kappa shape index (κ3) is 5.93. The Morgan fingerprint density at radius 3 is 1.24 bits per heavy atom. The van der Waals surface area contributed by atoms with E-state index in [0.717, 1.165) is 0 Å². The molecule has 0 aliphatic heterocycles. The summed E-state index contributed by atoms with van der Waals surface area (Å²) in [6.07, 6.45) is 0.222. The number of aromatic carboxylic acids is 2. The molecule has 0 fully saturated rings. The quantitative estimate of drug-likeness (QED) is 0.739. The van der Waals surface area contributed by atoms with Crippen LogP contribution in [-0.2, 0) is 4.79 Å². The van der Waals surface area contributed by atoms with Crippen LogP contribution in [0.15, 0.2) is 24.3 Å². The number of hydrogen-bond acceptors (Lipinski definition) is 3. The second kappa shape index (κ2) is 7.00. The molecular weight excluding hydrogens is 228 g/mol. The zero-order chi connectivity index (χ0) is 13.4. The van der Waals surface area contributed by atoms with Crippen LogP contribution in [-0.4, -0.2) is 33.2 Å². The van der Waals surface area contributed by atoms with Gasteiger partial charge in [-0.15, -0.1) is 0 Å². The van der Waals surface area contributed by atoms with E-state index in [4.69, 9.17) is 15.3 Å². The predicted octanol–water partition coefficient (Wildman–Crippen LogP) is 1.56. The molecule has 0 aliphatic carbocycles. The van der Waals surface area contributed by atoms with Gasteiger partial charge < -0.3 is 15.3 Å². The molecule has 0 spiro atoms. The molecule has 0 heterocycles. The Kier molecular flexibility index (Phi) is 6.02. The Morgan fingerprint density at radius 2 is 1.12 bits per heavy atom. The average Bonchev–Trinajstić information content (AvgIpc) is 2.29. The highest BCUT2D eigenvalue weighted by atomic mass is 16.4. The fourth-order valence-corrected chi connectivity index (χ4v) is 0.755. The summed E-state index contributed by atoms with van der Waals surface area (Å²) in [5.74, 6) is -2.87. The first-order valence-corrected chi connectivity index (χ1v) is 4.67. The number of benzene rings is 1. The third-order valence-electron chi connectivity index (χ3n) is 1.68. The van der Waals surface area contributed by atoms with Crippen LogP contribution in [0.25, 0.3) is 0 Å². The van der Waals surface area contributed by atoms with Gasteiger partial charge in [0.1, 0.15) is 0 Å². The Balaban J connectivity index is 0.000000437. The van der Waals surface area contributed by atoms with Gasteiger partial charge in [0.25, 0.3) is 0 Å². The third-order valence-corrected chi connectivity index (χ3v) is 1.68. The van der Waals surface area contributed by atoms with Crippen molar-refractivity contribution in [2.75, 3.05) is 0 Å². The van der Waals surface area contributed by atoms with Crippen molar-refractivity contribution in [3.8, 4) is 0 Å². The van der Waals surface area contributed by atoms with Crippen LogP contribution in [0.4, 0.5) is 0 Å². The van der Waals surface area contributed by atoms with Crippen molar-refractivity contribution < 1.29 is 29.7 Å². The lowest BCUT2D eigenvalue weighted by Gasteiger charge is -1.94. The Labute approximate surface area is 97.1 Å². The summed E-state index contributed by atoms with van der Waals surface area (Å²) >= 11 is 0. The Hall–Kier alpha value is -2.37. The van der Waals surface area contributed by atoms with E-state index in [1.54, 1.807) is 6.92 Å². The van der Waals surface area contributed by atoms with E-state index in [9.17, 15) is 14.4 Å². The molecule has 0 bridgehead atoms. The Bertz CT molecular complexity index is 373. The molecule has 0 aromatic heterocycles. The molecule has 1 rings (SSSR count). The minimum absolute atomic E-state index is 0.0833. The average molecular weight is 240 g/mol. The molecule has 1 aromatic rings. The van der Waals surface area contributed by atoms with E-state index in [0.29, 0.717) is 0 Å². The highest BCUT2D eigenvalue weighted by Gasteiger charge is 2.04. The van der Waals surface area contributed by atoms with Crippen molar-refractivity contribution in [2.24, 2.45) is 0 Å². The molecule has 6 nitrogen and oxygen atoms in total. The number of carboxylic acid groups (broad SMARTS) is 3. The lowest BCUT2D eigenvalue weighted by Crippen LogP contribution is -1.99. The molecule has 0 amide bonds. The van der Waals surface area contributed by atoms with Crippen LogP contribution in [0.2, 0.25) is 0 Å². The standard InChI is InChI=1S/C8H6O4.C3H6O2/c9-7(10)5-1-2-6(4-3-5)8(11)12;1-2-3(4)5/h1-4H,(H,9,10)(H,11,12);2H2,1H3,(H,4,5). The largest absolute Gasteiger partial charge is 0.481 e. The number of carbonyl (C=O) groups is 3. The maximum Gasteiger partial charge on any atom is 0.335 e. The van der Waals surface area contributed by atoms with Gasteiger partial charge in [0.15, 0.2) is 0 Å². The zero-order valence-corrected chi connectivity index (χ0v) is 9.08. The molecule has 0 saturated heterocycles. The lowest BCUT2D eigenvalue weighted by molar-refractivity contribution is -0.136. The van der Waals surface area contributed by atoms with Gasteiger partial charge >= 0.3 is 17.9 Å². The maximum atomic E-state index is 10.3. The molecule has 0 atom stereocenters. The summed E-state index contributed by atoms with van der Waals surface area (Å²) in [5, 5.41) is 24.7. The number of aliphatic carboxylic acids is 1. The summed E-state index contributed by atoms with van der Waals surface area (Å²) in [6.45, 7) is 1.60. The maximum absolute atomic E-state index is 10.3. The van der Waals surface area contributed by atoms with Gasteiger partial charge in [0.2, 0.25) is 0 Å². The monoisotopic (exact) mass is 240 g/mol. The highest BCUT2D eigenvalue weighted by Crippen LogP contribution is 2.03. The molecular formula is C11H12O6. The molecule has 0 aliphatic rings. The lowest BCUT2D eigenvalue weighted by atomic mass is 10.1. The SMILES string of the molecule is CCC(=O)O.O=C(O)c1ccc(C(=O)O)cc1. The molecule has 92 valence electrons. The first-order chi connectivity index (χ1) is 7.88. The highest BCUT2D eigenvalue weighted by molar-refractivity contribution is 5.91. The Morgan fingerprint density at radius 1 is 0.882 bits per heavy atom. The fourth-order valence-electron chi connectivity index (χ4n) is 0.755. The second-order valence-electron chi connectivity index (χ2n) is 2.93. The summed E-state index contributed by atoms with van der Waals surface area (Å²) in [6, 6.07) is 5.02. The first-order valence-electron chi connectivity index (χ1n) is 4.67. The number of hydrogen-bond donors (Lipinski definition) is 3. The minimum Gasteiger partial charge on any atom is -0.481 e. The normalized spacial score (nSPS) is 8.76. The van der Waals surface area contributed by atoms with Crippen LogP contribution in [0.1, 0.15) is 34.1 Å². The second-order valence-corrected chi connectivity index (χ2v) is 2.93. The molecule has 0 radical (unpaired) electrons. The van der Waals surface area contributed by atoms with E-state index in [1.807, 2.05) is 0 Å². The van der Waals surface area contributed by atoms with Crippen LogP contribution in [0.5, 0.6) is 0 Å². The summed E-state index contributed by atoms with van der Waals surface area (Å²) in [5.41, 5.74) is 0.167. The molecule has 0 saturated carbocycles. The topological polar surface area (TPSA) is 112 Å². The van der Waals surface area contributed by atoms with Crippen LogP contribution < -0.4 is 0 Å². The van der Waals surface area contributed by atoms with Crippen molar-refractivity contribution in [3.63, 3.8) is 0 Å². The van der Waals surface area contributed by atoms with E-state index in [2.05, 4.69) is 0 Å². The smallest absolute Gasteiger partial charge is 0.335 e. The van der Waals surface area contributed by atoms with E-state index >= 15 is 0 Å². The predicted molar refractivity (Wildman–Crippen MR) is 58.3 cm³/mol. The first kappa shape index (κ1) is 14.6. The van der Waals surface area contributed by atoms with Crippen molar-refractivity contribution >= 4 is 17.9 Å². The molecule has 17 heavy (non-hydrogen) atoms. The van der Waals surface area contributed by atoms with Crippen molar-refractivity contribution in [1.29, 1.82) is 0 Å². The molecule has 1 aromatic carbocycles. The van der Waals surface area contributed by atoms with Gasteiger partial charge in [-0.05, 0) is 24.3 Å². The zero-order valence-electron chi connectivity index (χ0n) is 9.08. The fraction of sp³-hybridized carbons (Fsp3) is 0.182. The van der Waals surface area contributed by atoms with Gasteiger partial charge in [-0.3, -0.25) is 4.79 Å². The van der Waals surface area contributed by atoms with Gasteiger partial charge in [-0.25, -0.2) is 9.59 Å². The van der Waals surface area contributed by atoms with Crippen molar-refractivity contribution in [3.05, 3.63) is 35.4 Å². The van der Waals surface area contributed by atoms with Gasteiger partial charge in [-0.2, -0.15) is 0 Å². The van der Waals surface area contributed by atoms with E-state index in [-0.39, 0.29) is 17.5 Å².